The van der Waals surface area contributed by atoms with Crippen molar-refractivity contribution in [3.05, 3.63) is 51.6 Å². The Hall–Kier alpha value is -2.78. The second-order valence-electron chi connectivity index (χ2n) is 5.33. The maximum Gasteiger partial charge on any atom is 0.245 e. The lowest BCUT2D eigenvalue weighted by Gasteiger charge is -2.34. The fraction of sp³-hybridized carbons (Fsp3) is 0.188. The summed E-state index contributed by atoms with van der Waals surface area (Å²) in [5.41, 5.74) is 5.06. The first kappa shape index (κ1) is 15.1. The third-order valence-electron chi connectivity index (χ3n) is 4.05. The molecule has 0 saturated heterocycles. The fourth-order valence-electron chi connectivity index (χ4n) is 3.26. The number of allylic oxidation sites excluding steroid dienone is 1. The number of nitrogens with two attached hydrogens (primary N) is 1. The molecule has 0 bridgehead atoms. The van der Waals surface area contributed by atoms with Crippen molar-refractivity contribution in [2.75, 3.05) is 5.32 Å². The number of carbonyl (C=O) groups excluding carboxylic acids is 2. The molecule has 23 heavy (non-hydrogen) atoms. The van der Waals surface area contributed by atoms with Crippen LogP contribution in [0.2, 0.25) is 5.02 Å². The number of anilines is 1. The molecule has 0 radical (unpaired) electrons. The van der Waals surface area contributed by atoms with E-state index in [9.17, 15) is 14.9 Å². The van der Waals surface area contributed by atoms with Gasteiger partial charge in [-0.2, -0.15) is 5.26 Å². The van der Waals surface area contributed by atoms with Gasteiger partial charge in [0.2, 0.25) is 11.8 Å². The highest BCUT2D eigenvalue weighted by Crippen LogP contribution is 2.52. The van der Waals surface area contributed by atoms with Crippen molar-refractivity contribution in [1.29, 1.82) is 5.26 Å². The number of rotatable bonds is 1. The number of benzene rings is 1. The van der Waals surface area contributed by atoms with E-state index in [-0.39, 0.29) is 28.6 Å². The minimum atomic E-state index is -1.63. The molecule has 3 rings (SSSR count). The van der Waals surface area contributed by atoms with Gasteiger partial charge in [0, 0.05) is 16.3 Å². The standard InChI is InChI=1S/C16H12ClN3O3/c1-7(21)13-8(2)23-14(19)11(6-18)16(13)10-5-9(17)3-4-12(10)20-15(16)22/h3-5H,19H2,1-2H3,(H,20,22)/t16-/m0/s1. The molecule has 1 spiro atoms. The van der Waals surface area contributed by atoms with Gasteiger partial charge in [-0.25, -0.2) is 0 Å². The summed E-state index contributed by atoms with van der Waals surface area (Å²) >= 11 is 6.06. The quantitative estimate of drug-likeness (QED) is 0.821. The Morgan fingerprint density at radius 3 is 2.78 bits per heavy atom. The van der Waals surface area contributed by atoms with Gasteiger partial charge in [0.25, 0.3) is 0 Å². The van der Waals surface area contributed by atoms with Crippen LogP contribution in [0.3, 0.4) is 0 Å². The molecule has 7 heteroatoms. The molecule has 1 amide bonds. The van der Waals surface area contributed by atoms with E-state index in [1.165, 1.54) is 13.8 Å². The number of hydrogen-bond acceptors (Lipinski definition) is 5. The van der Waals surface area contributed by atoms with Gasteiger partial charge in [-0.05, 0) is 32.0 Å². The van der Waals surface area contributed by atoms with E-state index in [0.29, 0.717) is 16.3 Å². The van der Waals surface area contributed by atoms with E-state index in [2.05, 4.69) is 5.32 Å². The lowest BCUT2D eigenvalue weighted by molar-refractivity contribution is -0.122. The second kappa shape index (κ2) is 4.86. The monoisotopic (exact) mass is 329 g/mol. The number of Topliss-reactive ketones (excluding diaryl/α,β-unsaturated/α-hetero) is 1. The predicted molar refractivity (Wildman–Crippen MR) is 83.1 cm³/mol. The van der Waals surface area contributed by atoms with Crippen LogP contribution >= 0.6 is 11.6 Å². The smallest absolute Gasteiger partial charge is 0.245 e. The highest BCUT2D eigenvalue weighted by atomic mass is 35.5. The summed E-state index contributed by atoms with van der Waals surface area (Å²) in [6, 6.07) is 6.71. The number of carbonyl (C=O) groups is 2. The highest BCUT2D eigenvalue weighted by Gasteiger charge is 2.58. The lowest BCUT2D eigenvalue weighted by Crippen LogP contribution is -2.44. The van der Waals surface area contributed by atoms with Crippen molar-refractivity contribution >= 4 is 29.0 Å². The molecule has 116 valence electrons. The van der Waals surface area contributed by atoms with Crippen LogP contribution in [-0.4, -0.2) is 11.7 Å². The number of fused-ring (bicyclic) bond motifs is 2. The molecule has 0 aliphatic carbocycles. The van der Waals surface area contributed by atoms with Gasteiger partial charge in [0.15, 0.2) is 5.78 Å². The van der Waals surface area contributed by atoms with Gasteiger partial charge in [-0.1, -0.05) is 11.6 Å². The maximum absolute atomic E-state index is 12.9. The Morgan fingerprint density at radius 2 is 2.17 bits per heavy atom. The number of ketones is 1. The first-order valence-electron chi connectivity index (χ1n) is 6.76. The summed E-state index contributed by atoms with van der Waals surface area (Å²) in [6.07, 6.45) is 0. The number of hydrogen-bond donors (Lipinski definition) is 2. The van der Waals surface area contributed by atoms with Crippen LogP contribution in [-0.2, 0) is 19.7 Å². The minimum absolute atomic E-state index is 0.0850. The van der Waals surface area contributed by atoms with Crippen molar-refractivity contribution in [2.24, 2.45) is 5.73 Å². The molecule has 3 N–H and O–H groups in total. The van der Waals surface area contributed by atoms with Gasteiger partial charge < -0.3 is 15.8 Å². The molecule has 0 unspecified atom stereocenters. The van der Waals surface area contributed by atoms with Gasteiger partial charge in [-0.3, -0.25) is 9.59 Å². The van der Waals surface area contributed by atoms with E-state index >= 15 is 0 Å². The van der Waals surface area contributed by atoms with Gasteiger partial charge >= 0.3 is 0 Å². The minimum Gasteiger partial charge on any atom is -0.445 e. The topological polar surface area (TPSA) is 105 Å². The molecule has 1 aromatic carbocycles. The van der Waals surface area contributed by atoms with E-state index in [4.69, 9.17) is 22.1 Å². The first-order chi connectivity index (χ1) is 10.8. The second-order valence-corrected chi connectivity index (χ2v) is 5.77. The molecule has 2 aliphatic heterocycles. The fourth-order valence-corrected chi connectivity index (χ4v) is 3.43. The Kier molecular flexibility index (Phi) is 3.20. The van der Waals surface area contributed by atoms with Gasteiger partial charge in [-0.15, -0.1) is 0 Å². The number of ether oxygens (including phenoxy) is 1. The van der Waals surface area contributed by atoms with Crippen LogP contribution in [0, 0.1) is 11.3 Å². The summed E-state index contributed by atoms with van der Waals surface area (Å²) in [5.74, 6) is -0.914. The highest BCUT2D eigenvalue weighted by molar-refractivity contribution is 6.31. The summed E-state index contributed by atoms with van der Waals surface area (Å²) in [4.78, 5) is 25.1. The number of nitrogens with one attached hydrogen (secondary N) is 1. The van der Waals surface area contributed by atoms with E-state index in [1.807, 2.05) is 6.07 Å². The van der Waals surface area contributed by atoms with Crippen molar-refractivity contribution in [1.82, 2.24) is 0 Å². The molecule has 1 aromatic rings. The van der Waals surface area contributed by atoms with E-state index in [1.54, 1.807) is 18.2 Å². The Labute approximate surface area is 137 Å². The average molecular weight is 330 g/mol. The zero-order valence-corrected chi connectivity index (χ0v) is 13.1. The lowest BCUT2D eigenvalue weighted by atomic mass is 9.67. The van der Waals surface area contributed by atoms with Crippen LogP contribution in [0.1, 0.15) is 19.4 Å². The zero-order chi connectivity index (χ0) is 16.9. The summed E-state index contributed by atoms with van der Waals surface area (Å²) in [6.45, 7) is 2.85. The third kappa shape index (κ3) is 1.80. The average Bonchev–Trinajstić information content (AvgIpc) is 2.72. The Bertz CT molecular complexity index is 879. The summed E-state index contributed by atoms with van der Waals surface area (Å²) < 4.78 is 5.32. The molecular formula is C16H12ClN3O3. The van der Waals surface area contributed by atoms with Crippen LogP contribution in [0.4, 0.5) is 5.69 Å². The summed E-state index contributed by atoms with van der Waals surface area (Å²) in [7, 11) is 0. The maximum atomic E-state index is 12.9. The van der Waals surface area contributed by atoms with Crippen molar-refractivity contribution in [3.8, 4) is 6.07 Å². The van der Waals surface area contributed by atoms with Gasteiger partial charge in [0.05, 0.1) is 5.57 Å². The van der Waals surface area contributed by atoms with Crippen molar-refractivity contribution < 1.29 is 14.3 Å². The molecule has 1 atom stereocenters. The van der Waals surface area contributed by atoms with Gasteiger partial charge in [0.1, 0.15) is 22.8 Å². The molecule has 0 saturated carbocycles. The molecule has 2 heterocycles. The van der Waals surface area contributed by atoms with Crippen molar-refractivity contribution in [3.63, 3.8) is 0 Å². The Morgan fingerprint density at radius 1 is 1.48 bits per heavy atom. The number of amides is 1. The number of nitriles is 1. The SMILES string of the molecule is CC(=O)C1=C(C)OC(N)=C(C#N)[C@]12C(=O)Nc1ccc(Cl)cc12. The zero-order valence-electron chi connectivity index (χ0n) is 12.4. The molecule has 0 aromatic heterocycles. The predicted octanol–water partition coefficient (Wildman–Crippen LogP) is 2.12. The van der Waals surface area contributed by atoms with Crippen LogP contribution in [0.15, 0.2) is 41.0 Å². The summed E-state index contributed by atoms with van der Waals surface area (Å²) in [5, 5.41) is 12.6. The van der Waals surface area contributed by atoms with Crippen LogP contribution in [0.5, 0.6) is 0 Å². The van der Waals surface area contributed by atoms with Crippen molar-refractivity contribution in [2.45, 2.75) is 19.3 Å². The normalized spacial score (nSPS) is 22.6. The molecule has 6 nitrogen and oxygen atoms in total. The number of halogens is 1. The van der Waals surface area contributed by atoms with E-state index in [0.717, 1.165) is 0 Å². The van der Waals surface area contributed by atoms with E-state index < -0.39 is 11.3 Å². The molecular weight excluding hydrogens is 318 g/mol. The molecule has 0 fully saturated rings. The first-order valence-corrected chi connectivity index (χ1v) is 7.13. The van der Waals surface area contributed by atoms with Crippen LogP contribution < -0.4 is 11.1 Å². The van der Waals surface area contributed by atoms with Crippen LogP contribution in [0.25, 0.3) is 0 Å². The number of nitrogens with zero attached hydrogens (tertiary/aromatic N) is 1. The largest absolute Gasteiger partial charge is 0.445 e. The third-order valence-corrected chi connectivity index (χ3v) is 4.28. The molecule has 2 aliphatic rings. The Balaban J connectivity index is 2.48.